The smallest absolute Gasteiger partial charge is 0.142 e. The minimum Gasteiger partial charge on any atom is -0.314 e. The maximum atomic E-state index is 14.4. The van der Waals surface area contributed by atoms with Gasteiger partial charge in [-0.1, -0.05) is 32.4 Å². The first-order valence-corrected chi connectivity index (χ1v) is 7.83. The molecule has 1 aromatic rings. The Morgan fingerprint density at radius 1 is 1.37 bits per heavy atom. The number of nitrogens with one attached hydrogen (secondary N) is 1. The summed E-state index contributed by atoms with van der Waals surface area (Å²) in [4.78, 5) is 2.41. The lowest BCUT2D eigenvalue weighted by atomic mass is 9.90. The van der Waals surface area contributed by atoms with Crippen molar-refractivity contribution >= 4 is 15.9 Å². The van der Waals surface area contributed by atoms with Crippen molar-refractivity contribution in [3.63, 3.8) is 0 Å². The van der Waals surface area contributed by atoms with E-state index in [4.69, 9.17) is 0 Å². The fourth-order valence-electron chi connectivity index (χ4n) is 2.80. The lowest BCUT2D eigenvalue weighted by Crippen LogP contribution is -2.46. The highest BCUT2D eigenvalue weighted by Crippen LogP contribution is 2.34. The summed E-state index contributed by atoms with van der Waals surface area (Å²) >= 11 is 3.30. The molecule has 0 bridgehead atoms. The van der Waals surface area contributed by atoms with Gasteiger partial charge in [-0.2, -0.15) is 0 Å². The summed E-state index contributed by atoms with van der Waals surface area (Å²) < 4.78 is 15.0. The number of halogens is 2. The average Bonchev–Trinajstić information content (AvgIpc) is 2.44. The van der Waals surface area contributed by atoms with Gasteiger partial charge in [0.2, 0.25) is 0 Å². The average molecular weight is 329 g/mol. The predicted molar refractivity (Wildman–Crippen MR) is 80.7 cm³/mol. The number of piperazine rings is 1. The summed E-state index contributed by atoms with van der Waals surface area (Å²) in [6.45, 7) is 8.34. The Bertz CT molecular complexity index is 419. The van der Waals surface area contributed by atoms with Gasteiger partial charge in [0.05, 0.1) is 4.47 Å². The summed E-state index contributed by atoms with van der Waals surface area (Å²) in [5.41, 5.74) is 0.825. The van der Waals surface area contributed by atoms with E-state index in [1.807, 2.05) is 12.1 Å². The Balaban J connectivity index is 2.33. The SMILES string of the molecule is CCC(C)[C@@H](c1cccc(Br)c1F)N1CCNCC1. The van der Waals surface area contributed by atoms with Gasteiger partial charge in [-0.25, -0.2) is 4.39 Å². The summed E-state index contributed by atoms with van der Waals surface area (Å²) in [7, 11) is 0. The molecule has 1 aromatic carbocycles. The van der Waals surface area contributed by atoms with Gasteiger partial charge in [-0.05, 0) is 27.9 Å². The van der Waals surface area contributed by atoms with Crippen LogP contribution in [0.4, 0.5) is 4.39 Å². The van der Waals surface area contributed by atoms with Gasteiger partial charge in [0.1, 0.15) is 5.82 Å². The minimum atomic E-state index is -0.105. The molecular weight excluding hydrogens is 307 g/mol. The van der Waals surface area contributed by atoms with E-state index in [-0.39, 0.29) is 11.9 Å². The number of hydrogen-bond donors (Lipinski definition) is 1. The van der Waals surface area contributed by atoms with E-state index in [1.165, 1.54) is 0 Å². The predicted octanol–water partition coefficient (Wildman–Crippen LogP) is 3.58. The standard InChI is InChI=1S/C15H22BrFN2/c1-3-11(2)15(19-9-7-18-8-10-19)12-5-4-6-13(16)14(12)17/h4-6,11,15,18H,3,7-10H2,1-2H3/t11?,15-/m0/s1. The Morgan fingerprint density at radius 2 is 2.05 bits per heavy atom. The third-order valence-electron chi connectivity index (χ3n) is 4.03. The van der Waals surface area contributed by atoms with Crippen molar-refractivity contribution in [1.82, 2.24) is 10.2 Å². The van der Waals surface area contributed by atoms with Crippen LogP contribution in [0, 0.1) is 11.7 Å². The lowest BCUT2D eigenvalue weighted by Gasteiger charge is -2.38. The molecule has 0 amide bonds. The van der Waals surface area contributed by atoms with E-state index in [2.05, 4.69) is 40.0 Å². The third kappa shape index (κ3) is 3.36. The molecule has 1 fully saturated rings. The van der Waals surface area contributed by atoms with Crippen molar-refractivity contribution in [1.29, 1.82) is 0 Å². The normalized spacial score (nSPS) is 20.2. The van der Waals surface area contributed by atoms with Crippen LogP contribution in [-0.4, -0.2) is 31.1 Å². The highest BCUT2D eigenvalue weighted by Gasteiger charge is 2.28. The fourth-order valence-corrected chi connectivity index (χ4v) is 3.18. The van der Waals surface area contributed by atoms with Crippen molar-refractivity contribution in [2.45, 2.75) is 26.3 Å². The second kappa shape index (κ2) is 6.82. The number of nitrogens with zero attached hydrogens (tertiary/aromatic N) is 1. The van der Waals surface area contributed by atoms with Crippen molar-refractivity contribution in [3.8, 4) is 0 Å². The van der Waals surface area contributed by atoms with Crippen LogP contribution in [0.1, 0.15) is 31.9 Å². The second-order valence-electron chi connectivity index (χ2n) is 5.26. The topological polar surface area (TPSA) is 15.3 Å². The van der Waals surface area contributed by atoms with E-state index in [1.54, 1.807) is 6.07 Å². The molecule has 2 nitrogen and oxygen atoms in total. The zero-order valence-corrected chi connectivity index (χ0v) is 13.2. The Labute approximate surface area is 123 Å². The molecule has 1 saturated heterocycles. The molecule has 0 aromatic heterocycles. The molecule has 1 aliphatic rings. The van der Waals surface area contributed by atoms with E-state index < -0.39 is 0 Å². The van der Waals surface area contributed by atoms with Gasteiger partial charge in [0, 0.05) is 37.8 Å². The first kappa shape index (κ1) is 14.9. The molecule has 1 unspecified atom stereocenters. The van der Waals surface area contributed by atoms with Crippen LogP contribution in [0.5, 0.6) is 0 Å². The van der Waals surface area contributed by atoms with Gasteiger partial charge in [0.15, 0.2) is 0 Å². The molecule has 2 rings (SSSR count). The second-order valence-corrected chi connectivity index (χ2v) is 6.11. The van der Waals surface area contributed by atoms with Crippen LogP contribution in [0.25, 0.3) is 0 Å². The minimum absolute atomic E-state index is 0.105. The zero-order chi connectivity index (χ0) is 13.8. The number of rotatable bonds is 4. The van der Waals surface area contributed by atoms with Crippen molar-refractivity contribution in [3.05, 3.63) is 34.1 Å². The molecule has 19 heavy (non-hydrogen) atoms. The fraction of sp³-hybridized carbons (Fsp3) is 0.600. The molecule has 1 aliphatic heterocycles. The van der Waals surface area contributed by atoms with Crippen molar-refractivity contribution < 1.29 is 4.39 Å². The monoisotopic (exact) mass is 328 g/mol. The van der Waals surface area contributed by atoms with Gasteiger partial charge >= 0.3 is 0 Å². The maximum Gasteiger partial charge on any atom is 0.142 e. The van der Waals surface area contributed by atoms with Gasteiger partial charge in [0.25, 0.3) is 0 Å². The van der Waals surface area contributed by atoms with Gasteiger partial charge in [-0.15, -0.1) is 0 Å². The Kier molecular flexibility index (Phi) is 5.37. The molecule has 0 aliphatic carbocycles. The largest absolute Gasteiger partial charge is 0.314 e. The third-order valence-corrected chi connectivity index (χ3v) is 4.64. The maximum absolute atomic E-state index is 14.4. The summed E-state index contributed by atoms with van der Waals surface area (Å²) in [6.07, 6.45) is 1.06. The van der Waals surface area contributed by atoms with E-state index in [9.17, 15) is 4.39 Å². The van der Waals surface area contributed by atoms with E-state index in [0.29, 0.717) is 10.4 Å². The van der Waals surface area contributed by atoms with Crippen LogP contribution < -0.4 is 5.32 Å². The van der Waals surface area contributed by atoms with Crippen LogP contribution in [0.2, 0.25) is 0 Å². The Hall–Kier alpha value is -0.450. The molecular formula is C15H22BrFN2. The van der Waals surface area contributed by atoms with Crippen LogP contribution in [0.3, 0.4) is 0 Å². The highest BCUT2D eigenvalue weighted by molar-refractivity contribution is 9.10. The van der Waals surface area contributed by atoms with Gasteiger partial charge < -0.3 is 5.32 Å². The van der Waals surface area contributed by atoms with Crippen molar-refractivity contribution in [2.24, 2.45) is 5.92 Å². The first-order chi connectivity index (χ1) is 9.15. The lowest BCUT2D eigenvalue weighted by molar-refractivity contribution is 0.125. The molecule has 1 N–H and O–H groups in total. The quantitative estimate of drug-likeness (QED) is 0.908. The van der Waals surface area contributed by atoms with Crippen LogP contribution >= 0.6 is 15.9 Å². The number of benzene rings is 1. The summed E-state index contributed by atoms with van der Waals surface area (Å²) in [5.74, 6) is 0.341. The van der Waals surface area contributed by atoms with E-state index >= 15 is 0 Å². The molecule has 1 heterocycles. The molecule has 0 radical (unpaired) electrons. The summed E-state index contributed by atoms with van der Waals surface area (Å²) in [5, 5.41) is 3.36. The van der Waals surface area contributed by atoms with Crippen LogP contribution in [-0.2, 0) is 0 Å². The van der Waals surface area contributed by atoms with E-state index in [0.717, 1.165) is 38.2 Å². The van der Waals surface area contributed by atoms with Crippen LogP contribution in [0.15, 0.2) is 22.7 Å². The highest BCUT2D eigenvalue weighted by atomic mass is 79.9. The zero-order valence-electron chi connectivity index (χ0n) is 11.6. The molecule has 0 saturated carbocycles. The van der Waals surface area contributed by atoms with Gasteiger partial charge in [-0.3, -0.25) is 4.90 Å². The first-order valence-electron chi connectivity index (χ1n) is 7.03. The molecule has 2 atom stereocenters. The Morgan fingerprint density at radius 3 is 2.68 bits per heavy atom. The van der Waals surface area contributed by atoms with Crippen molar-refractivity contribution in [2.75, 3.05) is 26.2 Å². The number of hydrogen-bond acceptors (Lipinski definition) is 2. The molecule has 0 spiro atoms. The summed E-state index contributed by atoms with van der Waals surface area (Å²) in [6, 6.07) is 5.80. The molecule has 4 heteroatoms. The molecule has 106 valence electrons.